The smallest absolute Gasteiger partial charge is 0.334 e. The van der Waals surface area contributed by atoms with Crippen molar-refractivity contribution in [3.05, 3.63) is 23.8 Å². The molecule has 2 N–H and O–H groups in total. The van der Waals surface area contributed by atoms with Crippen LogP contribution in [0.1, 0.15) is 71.1 Å². The van der Waals surface area contributed by atoms with Gasteiger partial charge >= 0.3 is 18.0 Å². The van der Waals surface area contributed by atoms with Gasteiger partial charge in [0.15, 0.2) is 0 Å². The van der Waals surface area contributed by atoms with Gasteiger partial charge in [-0.05, 0) is 51.0 Å². The molecule has 0 saturated carbocycles. The second-order valence-electron chi connectivity index (χ2n) is 11.4. The zero-order valence-corrected chi connectivity index (χ0v) is 22.8. The van der Waals surface area contributed by atoms with E-state index in [9.17, 15) is 19.2 Å². The first kappa shape index (κ1) is 27.2. The highest BCUT2D eigenvalue weighted by molar-refractivity contribution is 8.00. The maximum atomic E-state index is 12.3. The molecular weight excluding hydrogens is 508 g/mol. The van der Waals surface area contributed by atoms with Crippen LogP contribution in [0.2, 0.25) is 0 Å². The fraction of sp³-hybridized carbons (Fsp3) is 0.714. The Morgan fingerprint density at radius 1 is 1.21 bits per heavy atom. The number of nitrogens with one attached hydrogen (secondary N) is 2. The van der Waals surface area contributed by atoms with Gasteiger partial charge in [-0.15, -0.1) is 0 Å². The van der Waals surface area contributed by atoms with Crippen molar-refractivity contribution in [3.8, 4) is 0 Å². The number of allylic oxidation sites excluding steroid dienone is 1. The third kappa shape index (κ3) is 6.11. The predicted octanol–water partition coefficient (Wildman–Crippen LogP) is 3.36. The largest absolute Gasteiger partial charge is 0.461 e. The lowest BCUT2D eigenvalue weighted by Gasteiger charge is -2.20. The van der Waals surface area contributed by atoms with Crippen LogP contribution in [0.3, 0.4) is 0 Å². The quantitative estimate of drug-likeness (QED) is 0.107. The van der Waals surface area contributed by atoms with E-state index >= 15 is 0 Å². The lowest BCUT2D eigenvalue weighted by Crippen LogP contribution is -2.36. The number of amides is 2. The summed E-state index contributed by atoms with van der Waals surface area (Å²) in [6.45, 7) is 6.18. The van der Waals surface area contributed by atoms with Crippen molar-refractivity contribution < 1.29 is 33.4 Å². The first-order valence-electron chi connectivity index (χ1n) is 13.8. The van der Waals surface area contributed by atoms with Crippen LogP contribution in [0.25, 0.3) is 0 Å². The van der Waals surface area contributed by atoms with Crippen LogP contribution in [-0.2, 0) is 28.6 Å². The first-order valence-corrected chi connectivity index (χ1v) is 14.9. The van der Waals surface area contributed by atoms with E-state index in [1.807, 2.05) is 18.7 Å². The second-order valence-corrected chi connectivity index (χ2v) is 12.6. The lowest BCUT2D eigenvalue weighted by molar-refractivity contribution is -0.144. The SMILES string of the molecule is C=C1C(=O)O[C@H]2[C@H]1CC/C(COC(=O)CCC(=O)CCCCC1SC[C@@H]3NC(=O)N[C@H]13)=C/CC[C@@]1(C)O[C@@H]21. The van der Waals surface area contributed by atoms with E-state index in [1.165, 1.54) is 0 Å². The number of carbonyl (C=O) groups excluding carboxylic acids is 4. The van der Waals surface area contributed by atoms with E-state index in [0.29, 0.717) is 30.1 Å². The van der Waals surface area contributed by atoms with Crippen molar-refractivity contribution in [2.45, 2.75) is 106 Å². The molecule has 0 bridgehead atoms. The van der Waals surface area contributed by atoms with E-state index in [4.69, 9.17) is 14.2 Å². The van der Waals surface area contributed by atoms with Gasteiger partial charge in [0.2, 0.25) is 0 Å². The number of thioether (sulfide) groups is 1. The fourth-order valence-corrected chi connectivity index (χ4v) is 7.72. The van der Waals surface area contributed by atoms with Crippen LogP contribution < -0.4 is 10.6 Å². The summed E-state index contributed by atoms with van der Waals surface area (Å²) in [5.41, 5.74) is 1.21. The number of esters is 2. The molecule has 2 amide bonds. The molecule has 0 aromatic rings. The van der Waals surface area contributed by atoms with Gasteiger partial charge in [-0.25, -0.2) is 9.59 Å². The van der Waals surface area contributed by atoms with Crippen LogP contribution in [-0.4, -0.2) is 71.3 Å². The topological polar surface area (TPSA) is 123 Å². The maximum absolute atomic E-state index is 12.3. The molecule has 7 atom stereocenters. The molecule has 1 unspecified atom stereocenters. The number of hydrogen-bond acceptors (Lipinski definition) is 8. The van der Waals surface area contributed by atoms with E-state index in [0.717, 1.165) is 43.4 Å². The second kappa shape index (κ2) is 11.4. The van der Waals surface area contributed by atoms with Crippen molar-refractivity contribution >= 4 is 35.5 Å². The molecule has 0 radical (unpaired) electrons. The van der Waals surface area contributed by atoms with Crippen molar-refractivity contribution in [2.75, 3.05) is 12.4 Å². The molecule has 4 fully saturated rings. The zero-order valence-electron chi connectivity index (χ0n) is 22.0. The maximum Gasteiger partial charge on any atom is 0.334 e. The number of fused-ring (bicyclic) bond motifs is 4. The molecule has 0 aromatic heterocycles. The predicted molar refractivity (Wildman–Crippen MR) is 141 cm³/mol. The number of Topliss-reactive ketones (excluding diaryl/α,β-unsaturated/α-hetero) is 1. The van der Waals surface area contributed by atoms with Gasteiger partial charge in [0, 0.05) is 35.3 Å². The Morgan fingerprint density at radius 3 is 2.89 bits per heavy atom. The summed E-state index contributed by atoms with van der Waals surface area (Å²) in [4.78, 5) is 48.3. The summed E-state index contributed by atoms with van der Waals surface area (Å²) in [5, 5.41) is 6.33. The Hall–Kier alpha value is -2.33. The van der Waals surface area contributed by atoms with Gasteiger partial charge in [-0.3, -0.25) is 9.59 Å². The van der Waals surface area contributed by atoms with Crippen LogP contribution in [0.15, 0.2) is 23.8 Å². The molecule has 5 aliphatic rings. The summed E-state index contributed by atoms with van der Waals surface area (Å²) in [7, 11) is 0. The Bertz CT molecular complexity index is 1030. The first-order chi connectivity index (χ1) is 18.2. The van der Waals surface area contributed by atoms with Gasteiger partial charge in [0.05, 0.1) is 24.1 Å². The summed E-state index contributed by atoms with van der Waals surface area (Å²) in [6, 6.07) is 0.331. The minimum atomic E-state index is -0.367. The summed E-state index contributed by atoms with van der Waals surface area (Å²) >= 11 is 1.88. The van der Waals surface area contributed by atoms with Gasteiger partial charge in [-0.1, -0.05) is 19.1 Å². The molecule has 5 rings (SSSR count). The van der Waals surface area contributed by atoms with E-state index in [2.05, 4.69) is 23.3 Å². The highest BCUT2D eigenvalue weighted by atomic mass is 32.2. The van der Waals surface area contributed by atoms with Crippen molar-refractivity contribution in [3.63, 3.8) is 0 Å². The molecule has 0 aromatic carbocycles. The molecule has 208 valence electrons. The van der Waals surface area contributed by atoms with Crippen LogP contribution >= 0.6 is 11.8 Å². The third-order valence-corrected chi connectivity index (χ3v) is 10.1. The van der Waals surface area contributed by atoms with Crippen LogP contribution in [0.5, 0.6) is 0 Å². The zero-order chi connectivity index (χ0) is 26.9. The number of epoxide rings is 1. The third-order valence-electron chi connectivity index (χ3n) is 8.60. The lowest BCUT2D eigenvalue weighted by atomic mass is 9.84. The molecule has 4 saturated heterocycles. The van der Waals surface area contributed by atoms with E-state index < -0.39 is 0 Å². The minimum Gasteiger partial charge on any atom is -0.461 e. The highest BCUT2D eigenvalue weighted by Crippen LogP contribution is 2.49. The molecule has 0 spiro atoms. The molecule has 4 heterocycles. The van der Waals surface area contributed by atoms with Crippen molar-refractivity contribution in [2.24, 2.45) is 5.92 Å². The normalized spacial score (nSPS) is 37.1. The van der Waals surface area contributed by atoms with E-state index in [-0.39, 0.29) is 79.0 Å². The van der Waals surface area contributed by atoms with Gasteiger partial charge < -0.3 is 24.8 Å². The molecule has 38 heavy (non-hydrogen) atoms. The minimum absolute atomic E-state index is 0.0790. The summed E-state index contributed by atoms with van der Waals surface area (Å²) in [5.74, 6) is 0.213. The number of urea groups is 1. The van der Waals surface area contributed by atoms with Crippen LogP contribution in [0, 0.1) is 5.92 Å². The number of carbonyl (C=O) groups is 4. The van der Waals surface area contributed by atoms with Gasteiger partial charge in [-0.2, -0.15) is 11.8 Å². The number of ether oxygens (including phenoxy) is 3. The van der Waals surface area contributed by atoms with Gasteiger partial charge in [0.25, 0.3) is 0 Å². The number of ketones is 1. The van der Waals surface area contributed by atoms with Crippen molar-refractivity contribution in [1.82, 2.24) is 10.6 Å². The molecule has 1 aliphatic carbocycles. The Labute approximate surface area is 227 Å². The van der Waals surface area contributed by atoms with Crippen molar-refractivity contribution in [1.29, 1.82) is 0 Å². The monoisotopic (exact) mass is 546 g/mol. The Kier molecular flexibility index (Phi) is 8.19. The number of hydrogen-bond donors (Lipinski definition) is 2. The number of unbranched alkanes of at least 4 members (excludes halogenated alkanes) is 1. The molecule has 10 heteroatoms. The molecule has 4 aliphatic heterocycles. The van der Waals surface area contributed by atoms with E-state index in [1.54, 1.807) is 0 Å². The standard InChI is InChI=1S/C28H38N2O7S/c1-16-19-11-9-17(6-5-13-28(2)25(37-28)24(19)36-26(16)33)14-35-22(32)12-10-18(31)7-3-4-8-21-23-20(15-38-21)29-27(34)30-23/h6,19-21,23-25H,1,3-5,7-15H2,2H3,(H2,29,30,34)/b17-6-/t19-,20-,21?,23-,24-,25-,28+/m0/s1. The highest BCUT2D eigenvalue weighted by Gasteiger charge is 2.61. The molecule has 9 nitrogen and oxygen atoms in total. The van der Waals surface area contributed by atoms with Gasteiger partial charge in [0.1, 0.15) is 24.6 Å². The average Bonchev–Trinajstić information content (AvgIpc) is 3.09. The summed E-state index contributed by atoms with van der Waals surface area (Å²) < 4.78 is 17.0. The Morgan fingerprint density at radius 2 is 2.05 bits per heavy atom. The fourth-order valence-electron chi connectivity index (χ4n) is 6.17. The van der Waals surface area contributed by atoms with Crippen LogP contribution in [0.4, 0.5) is 4.79 Å². The Balaban J connectivity index is 0.992. The molecular formula is C28H38N2O7S. The number of rotatable bonds is 10. The average molecular weight is 547 g/mol. The summed E-state index contributed by atoms with van der Waals surface area (Å²) in [6.07, 6.45) is 8.16.